The average Bonchev–Trinajstić information content (AvgIpc) is 2.17. The van der Waals surface area contributed by atoms with Crippen LogP contribution in [0.1, 0.15) is 39.5 Å². The van der Waals surface area contributed by atoms with Crippen LogP contribution in [-0.4, -0.2) is 25.7 Å². The lowest BCUT2D eigenvalue weighted by Gasteiger charge is -2.25. The number of nitrogens with one attached hydrogen (secondary N) is 1. The lowest BCUT2D eigenvalue weighted by molar-refractivity contribution is -0.148. The van der Waals surface area contributed by atoms with Gasteiger partial charge in [-0.2, -0.15) is 0 Å². The van der Waals surface area contributed by atoms with Crippen LogP contribution < -0.4 is 5.32 Å². The molecule has 15 heavy (non-hydrogen) atoms. The minimum atomic E-state index is -0.0599. The molecule has 0 radical (unpaired) electrons. The summed E-state index contributed by atoms with van der Waals surface area (Å²) in [7, 11) is 0. The summed E-state index contributed by atoms with van der Waals surface area (Å²) in [5, 5.41) is 3.15. The van der Waals surface area contributed by atoms with Gasteiger partial charge in [-0.1, -0.05) is 33.1 Å². The minimum absolute atomic E-state index is 0.0219. The zero-order valence-corrected chi connectivity index (χ0v) is 9.92. The van der Waals surface area contributed by atoms with Crippen LogP contribution in [0.25, 0.3) is 0 Å². The van der Waals surface area contributed by atoms with Crippen molar-refractivity contribution in [3.8, 4) is 0 Å². The summed E-state index contributed by atoms with van der Waals surface area (Å²) in [6, 6.07) is 0. The van der Waals surface area contributed by atoms with Crippen molar-refractivity contribution in [2.75, 3.05) is 19.7 Å². The lowest BCUT2D eigenvalue weighted by atomic mass is 9.83. The summed E-state index contributed by atoms with van der Waals surface area (Å²) < 4.78 is 5.23. The molecule has 0 heterocycles. The number of hydrogen-bond acceptors (Lipinski definition) is 3. The second-order valence-corrected chi connectivity index (χ2v) is 4.46. The third-order valence-corrected chi connectivity index (χ3v) is 3.10. The van der Waals surface area contributed by atoms with E-state index in [1.807, 2.05) is 13.8 Å². The first-order chi connectivity index (χ1) is 7.24. The highest BCUT2D eigenvalue weighted by atomic mass is 16.5. The Bertz CT molecular complexity index is 190. The zero-order valence-electron chi connectivity index (χ0n) is 9.92. The van der Waals surface area contributed by atoms with E-state index in [0.29, 0.717) is 6.61 Å². The number of carbonyl (C=O) groups is 1. The first-order valence-electron chi connectivity index (χ1n) is 6.11. The van der Waals surface area contributed by atoms with Gasteiger partial charge < -0.3 is 10.1 Å². The van der Waals surface area contributed by atoms with Gasteiger partial charge in [-0.25, -0.2) is 0 Å². The molecule has 1 unspecified atom stereocenters. The van der Waals surface area contributed by atoms with Gasteiger partial charge in [0.25, 0.3) is 0 Å². The van der Waals surface area contributed by atoms with Crippen molar-refractivity contribution < 1.29 is 9.53 Å². The molecule has 0 spiro atoms. The molecule has 1 N–H and O–H groups in total. The van der Waals surface area contributed by atoms with E-state index in [-0.39, 0.29) is 11.9 Å². The number of rotatable bonds is 7. The largest absolute Gasteiger partial charge is 0.465 e. The molecule has 3 nitrogen and oxygen atoms in total. The molecule has 1 fully saturated rings. The first-order valence-corrected chi connectivity index (χ1v) is 6.11. The van der Waals surface area contributed by atoms with E-state index in [9.17, 15) is 4.79 Å². The summed E-state index contributed by atoms with van der Waals surface area (Å²) in [4.78, 5) is 11.5. The summed E-state index contributed by atoms with van der Waals surface area (Å²) in [6.07, 6.45) is 5.06. The summed E-state index contributed by atoms with van der Waals surface area (Å²) in [5.41, 5.74) is 0. The maximum atomic E-state index is 11.5. The Morgan fingerprint density at radius 1 is 1.53 bits per heavy atom. The van der Waals surface area contributed by atoms with E-state index < -0.39 is 0 Å². The second kappa shape index (κ2) is 6.83. The molecule has 0 amide bonds. The Hall–Kier alpha value is -0.570. The van der Waals surface area contributed by atoms with Crippen molar-refractivity contribution in [2.45, 2.75) is 39.5 Å². The number of carbonyl (C=O) groups excluding carboxylic acids is 1. The van der Waals surface area contributed by atoms with Crippen molar-refractivity contribution in [3.63, 3.8) is 0 Å². The van der Waals surface area contributed by atoms with E-state index in [1.54, 1.807) is 0 Å². The molecule has 1 aliphatic rings. The quantitative estimate of drug-likeness (QED) is 0.657. The van der Waals surface area contributed by atoms with Crippen molar-refractivity contribution in [3.05, 3.63) is 0 Å². The van der Waals surface area contributed by atoms with E-state index in [0.717, 1.165) is 25.4 Å². The number of ether oxygens (including phenoxy) is 1. The molecule has 0 aliphatic heterocycles. The Balaban J connectivity index is 2.00. The van der Waals surface area contributed by atoms with Gasteiger partial charge in [0.15, 0.2) is 0 Å². The standard InChI is InChI=1S/C12H23NO2/c1-3-13-9-10(2)12(14)15-8-7-11-5-4-6-11/h10-11,13H,3-9H2,1-2H3. The molecule has 0 aromatic heterocycles. The fraction of sp³-hybridized carbons (Fsp3) is 0.917. The monoisotopic (exact) mass is 213 g/mol. The summed E-state index contributed by atoms with van der Waals surface area (Å²) in [5.74, 6) is 0.739. The molecule has 0 saturated heterocycles. The van der Waals surface area contributed by atoms with Gasteiger partial charge in [-0.3, -0.25) is 4.79 Å². The molecular weight excluding hydrogens is 190 g/mol. The molecular formula is C12H23NO2. The lowest BCUT2D eigenvalue weighted by Crippen LogP contribution is -2.28. The SMILES string of the molecule is CCNCC(C)C(=O)OCCC1CCC1. The Labute approximate surface area is 92.6 Å². The highest BCUT2D eigenvalue weighted by molar-refractivity contribution is 5.72. The molecule has 1 atom stereocenters. The molecule has 88 valence electrons. The number of hydrogen-bond donors (Lipinski definition) is 1. The average molecular weight is 213 g/mol. The topological polar surface area (TPSA) is 38.3 Å². The normalized spacial score (nSPS) is 18.3. The van der Waals surface area contributed by atoms with Gasteiger partial charge in [-0.15, -0.1) is 0 Å². The summed E-state index contributed by atoms with van der Waals surface area (Å²) in [6.45, 7) is 6.18. The third kappa shape index (κ3) is 4.65. The van der Waals surface area contributed by atoms with Crippen LogP contribution in [0.15, 0.2) is 0 Å². The Morgan fingerprint density at radius 2 is 2.27 bits per heavy atom. The molecule has 1 aliphatic carbocycles. The third-order valence-electron chi connectivity index (χ3n) is 3.10. The van der Waals surface area contributed by atoms with Crippen LogP contribution in [0.3, 0.4) is 0 Å². The van der Waals surface area contributed by atoms with E-state index in [4.69, 9.17) is 4.74 Å². The van der Waals surface area contributed by atoms with Gasteiger partial charge in [0, 0.05) is 6.54 Å². The molecule has 0 aromatic carbocycles. The van der Waals surface area contributed by atoms with Crippen molar-refractivity contribution in [2.24, 2.45) is 11.8 Å². The van der Waals surface area contributed by atoms with Crippen LogP contribution in [0.4, 0.5) is 0 Å². The van der Waals surface area contributed by atoms with Crippen molar-refractivity contribution in [1.82, 2.24) is 5.32 Å². The fourth-order valence-corrected chi connectivity index (χ4v) is 1.69. The molecule has 0 bridgehead atoms. The molecule has 1 saturated carbocycles. The molecule has 1 rings (SSSR count). The van der Waals surface area contributed by atoms with E-state index in [1.165, 1.54) is 19.3 Å². The van der Waals surface area contributed by atoms with Crippen LogP contribution in [0.5, 0.6) is 0 Å². The van der Waals surface area contributed by atoms with Crippen molar-refractivity contribution in [1.29, 1.82) is 0 Å². The van der Waals surface area contributed by atoms with Gasteiger partial charge in [0.2, 0.25) is 0 Å². The van der Waals surface area contributed by atoms with Gasteiger partial charge in [0.05, 0.1) is 12.5 Å². The van der Waals surface area contributed by atoms with Crippen LogP contribution >= 0.6 is 0 Å². The summed E-state index contributed by atoms with van der Waals surface area (Å²) >= 11 is 0. The number of esters is 1. The smallest absolute Gasteiger partial charge is 0.309 e. The maximum Gasteiger partial charge on any atom is 0.309 e. The van der Waals surface area contributed by atoms with Gasteiger partial charge >= 0.3 is 5.97 Å². The zero-order chi connectivity index (χ0) is 11.1. The maximum absolute atomic E-state index is 11.5. The Kier molecular flexibility index (Phi) is 5.69. The van der Waals surface area contributed by atoms with Crippen LogP contribution in [0, 0.1) is 11.8 Å². The predicted octanol–water partition coefficient (Wildman–Crippen LogP) is 1.97. The van der Waals surface area contributed by atoms with Gasteiger partial charge in [0.1, 0.15) is 0 Å². The van der Waals surface area contributed by atoms with Crippen LogP contribution in [-0.2, 0) is 9.53 Å². The second-order valence-electron chi connectivity index (χ2n) is 4.46. The molecule has 0 aromatic rings. The van der Waals surface area contributed by atoms with E-state index in [2.05, 4.69) is 5.32 Å². The minimum Gasteiger partial charge on any atom is -0.465 e. The Morgan fingerprint density at radius 3 is 2.80 bits per heavy atom. The van der Waals surface area contributed by atoms with Crippen molar-refractivity contribution >= 4 is 5.97 Å². The fourth-order valence-electron chi connectivity index (χ4n) is 1.69. The van der Waals surface area contributed by atoms with Crippen LogP contribution in [0.2, 0.25) is 0 Å². The predicted molar refractivity (Wildman–Crippen MR) is 60.6 cm³/mol. The van der Waals surface area contributed by atoms with Gasteiger partial charge in [-0.05, 0) is 18.9 Å². The highest BCUT2D eigenvalue weighted by Gasteiger charge is 2.18. The molecule has 3 heteroatoms. The highest BCUT2D eigenvalue weighted by Crippen LogP contribution is 2.29. The van der Waals surface area contributed by atoms with E-state index >= 15 is 0 Å². The first kappa shape index (κ1) is 12.5.